The van der Waals surface area contributed by atoms with Crippen molar-refractivity contribution in [1.82, 2.24) is 15.5 Å². The van der Waals surface area contributed by atoms with Gasteiger partial charge in [-0.1, -0.05) is 39.5 Å². The van der Waals surface area contributed by atoms with E-state index in [0.29, 0.717) is 25.4 Å². The van der Waals surface area contributed by atoms with Crippen molar-refractivity contribution in [2.24, 2.45) is 5.92 Å². The molecule has 1 saturated carbocycles. The molecule has 3 amide bonds. The van der Waals surface area contributed by atoms with E-state index < -0.39 is 23.5 Å². The summed E-state index contributed by atoms with van der Waals surface area (Å²) in [5, 5.41) is 5.96. The Morgan fingerprint density at radius 3 is 2.50 bits per heavy atom. The van der Waals surface area contributed by atoms with Crippen LogP contribution < -0.4 is 10.6 Å². The lowest BCUT2D eigenvalue weighted by Crippen LogP contribution is -2.60. The summed E-state index contributed by atoms with van der Waals surface area (Å²) in [5.41, 5.74) is -0.495. The molecule has 0 aromatic heterocycles. The highest BCUT2D eigenvalue weighted by molar-refractivity contribution is 6.35. The Hall–Kier alpha value is -1.63. The van der Waals surface area contributed by atoms with E-state index in [4.69, 9.17) is 4.74 Å². The number of amides is 3. The largest absolute Gasteiger partial charge is 0.372 e. The molecule has 2 unspecified atom stereocenters. The fourth-order valence-corrected chi connectivity index (χ4v) is 4.38. The molecule has 7 heteroatoms. The van der Waals surface area contributed by atoms with Crippen LogP contribution in [0.1, 0.15) is 71.6 Å². The summed E-state index contributed by atoms with van der Waals surface area (Å²) in [6.45, 7) is 5.69. The Balaban J connectivity index is 1.96. The predicted molar refractivity (Wildman–Crippen MR) is 108 cm³/mol. The van der Waals surface area contributed by atoms with Crippen LogP contribution >= 0.6 is 0 Å². The van der Waals surface area contributed by atoms with Crippen LogP contribution in [0.25, 0.3) is 0 Å². The molecule has 1 saturated heterocycles. The molecular weight excluding hydrogens is 358 g/mol. The maximum absolute atomic E-state index is 12.7. The lowest BCUT2D eigenvalue weighted by atomic mass is 9.81. The summed E-state index contributed by atoms with van der Waals surface area (Å²) in [6, 6.07) is 0. The normalized spacial score (nSPS) is 23.0. The van der Waals surface area contributed by atoms with Gasteiger partial charge < -0.3 is 20.3 Å². The molecule has 160 valence electrons. The number of hydrogen-bond donors (Lipinski definition) is 2. The Morgan fingerprint density at radius 1 is 1.18 bits per heavy atom. The number of carbonyl (C=O) groups excluding carboxylic acids is 3. The van der Waals surface area contributed by atoms with E-state index in [1.54, 1.807) is 12.0 Å². The first-order valence-corrected chi connectivity index (χ1v) is 10.8. The van der Waals surface area contributed by atoms with Gasteiger partial charge in [0, 0.05) is 26.7 Å². The van der Waals surface area contributed by atoms with Crippen LogP contribution in [0.2, 0.25) is 0 Å². The number of nitrogens with one attached hydrogen (secondary N) is 2. The number of methoxy groups -OCH3 is 1. The third kappa shape index (κ3) is 6.19. The molecule has 0 aromatic rings. The lowest BCUT2D eigenvalue weighted by Gasteiger charge is -2.39. The highest BCUT2D eigenvalue weighted by Gasteiger charge is 2.36. The van der Waals surface area contributed by atoms with Gasteiger partial charge in [0.2, 0.25) is 5.91 Å². The number of carbonyl (C=O) groups is 3. The second kappa shape index (κ2) is 10.8. The van der Waals surface area contributed by atoms with Gasteiger partial charge in [-0.2, -0.15) is 0 Å². The number of rotatable bonds is 7. The van der Waals surface area contributed by atoms with Crippen molar-refractivity contribution < 1.29 is 19.1 Å². The van der Waals surface area contributed by atoms with Crippen molar-refractivity contribution in [3.8, 4) is 0 Å². The maximum atomic E-state index is 12.7. The minimum absolute atomic E-state index is 0.128. The van der Waals surface area contributed by atoms with Gasteiger partial charge in [0.15, 0.2) is 0 Å². The Labute approximate surface area is 168 Å². The lowest BCUT2D eigenvalue weighted by molar-refractivity contribution is -0.147. The zero-order chi connectivity index (χ0) is 20.6. The van der Waals surface area contributed by atoms with Gasteiger partial charge in [0.05, 0.1) is 5.54 Å². The van der Waals surface area contributed by atoms with Gasteiger partial charge in [-0.05, 0) is 38.0 Å². The first-order chi connectivity index (χ1) is 13.4. The van der Waals surface area contributed by atoms with Crippen LogP contribution in [-0.2, 0) is 19.1 Å². The summed E-state index contributed by atoms with van der Waals surface area (Å²) in [6.07, 6.45) is 7.81. The Bertz CT molecular complexity index is 546. The first-order valence-electron chi connectivity index (χ1n) is 10.8. The van der Waals surface area contributed by atoms with E-state index in [-0.39, 0.29) is 12.5 Å². The van der Waals surface area contributed by atoms with Crippen LogP contribution in [0.3, 0.4) is 0 Å². The Kier molecular flexibility index (Phi) is 8.73. The fourth-order valence-electron chi connectivity index (χ4n) is 4.38. The molecule has 2 N–H and O–H groups in total. The fraction of sp³-hybridized carbons (Fsp3) is 0.857. The average molecular weight is 396 g/mol. The van der Waals surface area contributed by atoms with Crippen molar-refractivity contribution in [2.75, 3.05) is 26.7 Å². The van der Waals surface area contributed by atoms with Gasteiger partial charge in [-0.3, -0.25) is 14.4 Å². The van der Waals surface area contributed by atoms with Crippen molar-refractivity contribution in [3.63, 3.8) is 0 Å². The van der Waals surface area contributed by atoms with E-state index in [2.05, 4.69) is 17.6 Å². The molecule has 2 aliphatic rings. The molecular formula is C21H37N3O4. The minimum atomic E-state index is -0.565. The van der Waals surface area contributed by atoms with Crippen LogP contribution in [0.5, 0.6) is 0 Å². The zero-order valence-electron chi connectivity index (χ0n) is 17.7. The molecule has 7 nitrogen and oxygen atoms in total. The summed E-state index contributed by atoms with van der Waals surface area (Å²) in [7, 11) is 1.55. The second-order valence-corrected chi connectivity index (χ2v) is 8.52. The van der Waals surface area contributed by atoms with E-state index in [1.807, 2.05) is 6.92 Å². The van der Waals surface area contributed by atoms with Gasteiger partial charge >= 0.3 is 11.8 Å². The third-order valence-corrected chi connectivity index (χ3v) is 6.05. The van der Waals surface area contributed by atoms with Gasteiger partial charge in [0.1, 0.15) is 6.10 Å². The van der Waals surface area contributed by atoms with Crippen molar-refractivity contribution >= 4 is 17.7 Å². The molecule has 1 heterocycles. The highest BCUT2D eigenvalue weighted by atomic mass is 16.5. The van der Waals surface area contributed by atoms with Gasteiger partial charge in [-0.25, -0.2) is 0 Å². The average Bonchev–Trinajstić information content (AvgIpc) is 2.70. The Morgan fingerprint density at radius 2 is 1.89 bits per heavy atom. The topological polar surface area (TPSA) is 87.7 Å². The molecule has 1 aliphatic carbocycles. The summed E-state index contributed by atoms with van der Waals surface area (Å²) < 4.78 is 5.33. The smallest absolute Gasteiger partial charge is 0.311 e. The number of likely N-dealkylation sites (tertiary alicyclic amines) is 1. The summed E-state index contributed by atoms with van der Waals surface area (Å²) >= 11 is 0. The number of nitrogens with zero attached hydrogens (tertiary/aromatic N) is 1. The molecule has 28 heavy (non-hydrogen) atoms. The molecule has 0 bridgehead atoms. The van der Waals surface area contributed by atoms with E-state index in [1.165, 1.54) is 0 Å². The SMILES string of the molecule is CCCC(OC)C(=O)NC1(CNC(=O)C(=O)N2CCCC(C)C2)CCCCC1. The zero-order valence-corrected chi connectivity index (χ0v) is 17.7. The second-order valence-electron chi connectivity index (χ2n) is 8.52. The van der Waals surface area contributed by atoms with Crippen molar-refractivity contribution in [2.45, 2.75) is 83.3 Å². The van der Waals surface area contributed by atoms with Crippen LogP contribution in [-0.4, -0.2) is 61.0 Å². The summed E-state index contributed by atoms with van der Waals surface area (Å²) in [5.74, 6) is -0.717. The van der Waals surface area contributed by atoms with Crippen LogP contribution in [0, 0.1) is 5.92 Å². The predicted octanol–water partition coefficient (Wildman–Crippen LogP) is 2.00. The molecule has 2 rings (SSSR count). The van der Waals surface area contributed by atoms with Crippen LogP contribution in [0.15, 0.2) is 0 Å². The number of ether oxygens (including phenoxy) is 1. The first kappa shape index (κ1) is 22.7. The van der Waals surface area contributed by atoms with Gasteiger partial charge in [0.25, 0.3) is 0 Å². The molecule has 1 aliphatic heterocycles. The standard InChI is InChI=1S/C21H37N3O4/c1-4-9-17(28-3)18(25)23-21(11-6-5-7-12-21)15-22-19(26)20(27)24-13-8-10-16(2)14-24/h16-17H,4-15H2,1-3H3,(H,22,26)(H,23,25). The molecule has 0 radical (unpaired) electrons. The number of piperidine rings is 1. The monoisotopic (exact) mass is 395 g/mol. The minimum Gasteiger partial charge on any atom is -0.372 e. The summed E-state index contributed by atoms with van der Waals surface area (Å²) in [4.78, 5) is 39.3. The van der Waals surface area contributed by atoms with E-state index >= 15 is 0 Å². The van der Waals surface area contributed by atoms with E-state index in [0.717, 1.165) is 51.4 Å². The van der Waals surface area contributed by atoms with E-state index in [9.17, 15) is 14.4 Å². The van der Waals surface area contributed by atoms with Crippen LogP contribution in [0.4, 0.5) is 0 Å². The quantitative estimate of drug-likeness (QED) is 0.646. The van der Waals surface area contributed by atoms with Crippen molar-refractivity contribution in [3.05, 3.63) is 0 Å². The molecule has 2 fully saturated rings. The maximum Gasteiger partial charge on any atom is 0.311 e. The van der Waals surface area contributed by atoms with Crippen molar-refractivity contribution in [1.29, 1.82) is 0 Å². The highest BCUT2D eigenvalue weighted by Crippen LogP contribution is 2.28. The molecule has 2 atom stereocenters. The molecule has 0 spiro atoms. The third-order valence-electron chi connectivity index (χ3n) is 6.05. The number of hydrogen-bond acceptors (Lipinski definition) is 4. The molecule has 0 aromatic carbocycles. The van der Waals surface area contributed by atoms with Gasteiger partial charge in [-0.15, -0.1) is 0 Å².